The van der Waals surface area contributed by atoms with Crippen molar-refractivity contribution in [2.24, 2.45) is 0 Å². The fourth-order valence-corrected chi connectivity index (χ4v) is 2.09. The van der Waals surface area contributed by atoms with Crippen LogP contribution in [-0.4, -0.2) is 59.5 Å². The number of carbonyl (C=O) groups excluding carboxylic acids is 1. The maximum Gasteiger partial charge on any atom is 0.407 e. The minimum absolute atomic E-state index is 0.0666. The van der Waals surface area contributed by atoms with Crippen LogP contribution in [0.15, 0.2) is 24.3 Å². The fourth-order valence-electron chi connectivity index (χ4n) is 2.09. The molecule has 1 heterocycles. The van der Waals surface area contributed by atoms with Crippen molar-refractivity contribution < 1.29 is 24.5 Å². The standard InChI is InChI=1S/C14H18N2O5/c17-9-10-1-3-11(4-2-10)13(18)15-7-12-8-16(14(19)20)5-6-21-12/h1-4,12,17H,5-9H2,(H,15,18)(H,19,20). The summed E-state index contributed by atoms with van der Waals surface area (Å²) in [6.07, 6.45) is -1.32. The Morgan fingerprint density at radius 2 is 2.05 bits per heavy atom. The van der Waals surface area contributed by atoms with Gasteiger partial charge < -0.3 is 25.2 Å². The van der Waals surface area contributed by atoms with Gasteiger partial charge in [0.05, 0.1) is 25.9 Å². The predicted molar refractivity (Wildman–Crippen MR) is 74.0 cm³/mol. The summed E-state index contributed by atoms with van der Waals surface area (Å²) in [4.78, 5) is 24.1. The van der Waals surface area contributed by atoms with Crippen molar-refractivity contribution in [2.75, 3.05) is 26.2 Å². The van der Waals surface area contributed by atoms with Crippen molar-refractivity contribution in [3.8, 4) is 0 Å². The van der Waals surface area contributed by atoms with Crippen molar-refractivity contribution >= 4 is 12.0 Å². The van der Waals surface area contributed by atoms with Crippen LogP contribution in [0.5, 0.6) is 0 Å². The second-order valence-electron chi connectivity index (χ2n) is 4.79. The number of hydrogen-bond acceptors (Lipinski definition) is 4. The minimum atomic E-state index is -0.978. The molecule has 1 aromatic carbocycles. The number of morpholine rings is 1. The first-order valence-corrected chi connectivity index (χ1v) is 6.67. The zero-order chi connectivity index (χ0) is 15.2. The largest absolute Gasteiger partial charge is 0.465 e. The number of aliphatic hydroxyl groups is 1. The molecule has 0 radical (unpaired) electrons. The van der Waals surface area contributed by atoms with E-state index in [0.29, 0.717) is 18.7 Å². The second kappa shape index (κ2) is 7.05. The highest BCUT2D eigenvalue weighted by atomic mass is 16.5. The molecule has 2 rings (SSSR count). The van der Waals surface area contributed by atoms with E-state index in [9.17, 15) is 9.59 Å². The number of rotatable bonds is 4. The molecule has 0 aliphatic carbocycles. The van der Waals surface area contributed by atoms with Gasteiger partial charge in [-0.1, -0.05) is 12.1 Å². The van der Waals surface area contributed by atoms with E-state index in [4.69, 9.17) is 14.9 Å². The first-order valence-electron chi connectivity index (χ1n) is 6.67. The second-order valence-corrected chi connectivity index (χ2v) is 4.79. The topological polar surface area (TPSA) is 99.1 Å². The van der Waals surface area contributed by atoms with Crippen molar-refractivity contribution in [3.63, 3.8) is 0 Å². The third-order valence-corrected chi connectivity index (χ3v) is 3.30. The molecule has 1 aliphatic heterocycles. The van der Waals surface area contributed by atoms with Crippen molar-refractivity contribution in [1.29, 1.82) is 0 Å². The molecule has 0 aromatic heterocycles. The van der Waals surface area contributed by atoms with Gasteiger partial charge in [-0.25, -0.2) is 4.79 Å². The maximum atomic E-state index is 11.9. The molecule has 7 nitrogen and oxygen atoms in total. The lowest BCUT2D eigenvalue weighted by molar-refractivity contribution is -0.0199. The van der Waals surface area contributed by atoms with Gasteiger partial charge >= 0.3 is 6.09 Å². The highest BCUT2D eigenvalue weighted by Gasteiger charge is 2.24. The fraction of sp³-hybridized carbons (Fsp3) is 0.429. The monoisotopic (exact) mass is 294 g/mol. The zero-order valence-corrected chi connectivity index (χ0v) is 11.5. The normalized spacial score (nSPS) is 18.3. The summed E-state index contributed by atoms with van der Waals surface area (Å²) >= 11 is 0. The number of aliphatic hydroxyl groups excluding tert-OH is 1. The molecule has 1 aliphatic rings. The number of carbonyl (C=O) groups is 2. The first kappa shape index (κ1) is 15.3. The van der Waals surface area contributed by atoms with E-state index in [1.165, 1.54) is 4.90 Å². The van der Waals surface area contributed by atoms with Gasteiger partial charge in [0, 0.05) is 18.7 Å². The Balaban J connectivity index is 1.84. The molecular weight excluding hydrogens is 276 g/mol. The Bertz CT molecular complexity index is 503. The van der Waals surface area contributed by atoms with Crippen LogP contribution in [0.2, 0.25) is 0 Å². The molecule has 1 fully saturated rings. The van der Waals surface area contributed by atoms with Crippen LogP contribution in [-0.2, 0) is 11.3 Å². The SMILES string of the molecule is O=C(NCC1CN(C(=O)O)CCO1)c1ccc(CO)cc1. The third-order valence-electron chi connectivity index (χ3n) is 3.30. The van der Waals surface area contributed by atoms with Crippen molar-refractivity contribution in [1.82, 2.24) is 10.2 Å². The molecule has 21 heavy (non-hydrogen) atoms. The predicted octanol–water partition coefficient (Wildman–Crippen LogP) is 0.287. The summed E-state index contributed by atoms with van der Waals surface area (Å²) in [6.45, 7) is 1.12. The summed E-state index contributed by atoms with van der Waals surface area (Å²) in [5.74, 6) is -0.254. The Labute approximate surface area is 122 Å². The van der Waals surface area contributed by atoms with E-state index in [0.717, 1.165) is 5.56 Å². The zero-order valence-electron chi connectivity index (χ0n) is 11.5. The lowest BCUT2D eigenvalue weighted by Gasteiger charge is -2.31. The van der Waals surface area contributed by atoms with Gasteiger partial charge in [0.25, 0.3) is 5.91 Å². The van der Waals surface area contributed by atoms with Gasteiger partial charge in [-0.05, 0) is 17.7 Å². The lowest BCUT2D eigenvalue weighted by atomic mass is 10.1. The van der Waals surface area contributed by atoms with Gasteiger partial charge in [0.15, 0.2) is 0 Å². The third kappa shape index (κ3) is 4.17. The molecule has 0 spiro atoms. The number of ether oxygens (including phenoxy) is 1. The van der Waals surface area contributed by atoms with Gasteiger partial charge in [0.1, 0.15) is 0 Å². The van der Waals surface area contributed by atoms with Crippen LogP contribution < -0.4 is 5.32 Å². The molecule has 3 N–H and O–H groups in total. The number of nitrogens with zero attached hydrogens (tertiary/aromatic N) is 1. The minimum Gasteiger partial charge on any atom is -0.465 e. The van der Waals surface area contributed by atoms with Crippen LogP contribution in [0.3, 0.4) is 0 Å². The molecule has 1 atom stereocenters. The summed E-state index contributed by atoms with van der Waals surface area (Å²) in [7, 11) is 0. The number of benzene rings is 1. The van der Waals surface area contributed by atoms with Gasteiger partial charge in [-0.3, -0.25) is 4.79 Å². The van der Waals surface area contributed by atoms with Gasteiger partial charge in [0.2, 0.25) is 0 Å². The highest BCUT2D eigenvalue weighted by Crippen LogP contribution is 2.07. The quantitative estimate of drug-likeness (QED) is 0.741. The molecule has 1 unspecified atom stereocenters. The Hall–Kier alpha value is -2.12. The highest BCUT2D eigenvalue weighted by molar-refractivity contribution is 5.94. The molecular formula is C14H18N2O5. The first-order chi connectivity index (χ1) is 10.1. The number of nitrogens with one attached hydrogen (secondary N) is 1. The molecule has 114 valence electrons. The van der Waals surface area contributed by atoms with Gasteiger partial charge in [-0.15, -0.1) is 0 Å². The van der Waals surface area contributed by atoms with E-state index in [1.807, 2.05) is 0 Å². The summed E-state index contributed by atoms with van der Waals surface area (Å²) in [5.41, 5.74) is 1.22. The van der Waals surface area contributed by atoms with Crippen molar-refractivity contribution in [2.45, 2.75) is 12.7 Å². The van der Waals surface area contributed by atoms with Crippen molar-refractivity contribution in [3.05, 3.63) is 35.4 Å². The summed E-state index contributed by atoms with van der Waals surface area (Å²) < 4.78 is 5.43. The smallest absolute Gasteiger partial charge is 0.407 e. The van der Waals surface area contributed by atoms with Crippen LogP contribution in [0.1, 0.15) is 15.9 Å². The Morgan fingerprint density at radius 1 is 1.33 bits per heavy atom. The summed E-state index contributed by atoms with van der Waals surface area (Å²) in [5, 5.41) is 20.6. The lowest BCUT2D eigenvalue weighted by Crippen LogP contribution is -2.49. The summed E-state index contributed by atoms with van der Waals surface area (Å²) in [6, 6.07) is 6.62. The molecule has 0 saturated carbocycles. The number of hydrogen-bond donors (Lipinski definition) is 3. The Morgan fingerprint density at radius 3 is 2.67 bits per heavy atom. The van der Waals surface area contributed by atoms with Gasteiger partial charge in [-0.2, -0.15) is 0 Å². The van der Waals surface area contributed by atoms with E-state index in [-0.39, 0.29) is 31.7 Å². The van der Waals surface area contributed by atoms with Crippen LogP contribution in [0, 0.1) is 0 Å². The Kier molecular flexibility index (Phi) is 5.13. The molecule has 7 heteroatoms. The maximum absolute atomic E-state index is 11.9. The average Bonchev–Trinajstić information content (AvgIpc) is 2.53. The van der Waals surface area contributed by atoms with Crippen LogP contribution in [0.25, 0.3) is 0 Å². The molecule has 2 amide bonds. The molecule has 1 aromatic rings. The average molecular weight is 294 g/mol. The van der Waals surface area contributed by atoms with E-state index < -0.39 is 6.09 Å². The van der Waals surface area contributed by atoms with E-state index in [1.54, 1.807) is 24.3 Å². The molecule has 0 bridgehead atoms. The van der Waals surface area contributed by atoms with Crippen LogP contribution in [0.4, 0.5) is 4.79 Å². The number of carboxylic acid groups (broad SMARTS) is 1. The van der Waals surface area contributed by atoms with E-state index >= 15 is 0 Å². The van der Waals surface area contributed by atoms with E-state index in [2.05, 4.69) is 5.32 Å². The van der Waals surface area contributed by atoms with Crippen LogP contribution >= 0.6 is 0 Å². The number of amides is 2. The molecule has 1 saturated heterocycles.